The molecule has 2 aromatic carbocycles. The van der Waals surface area contributed by atoms with Crippen LogP contribution in [0.25, 0.3) is 22.2 Å². The summed E-state index contributed by atoms with van der Waals surface area (Å²) >= 11 is 0. The van der Waals surface area contributed by atoms with E-state index in [1.165, 1.54) is 12.1 Å². The number of aryl methyl sites for hydroxylation is 1. The number of para-hydroxylation sites is 1. The maximum atomic E-state index is 13.4. The highest BCUT2D eigenvalue weighted by Gasteiger charge is 2.31. The smallest absolute Gasteiger partial charge is 0.222 e. The number of benzene rings is 2. The lowest BCUT2D eigenvalue weighted by molar-refractivity contribution is -0.136. The average molecular weight is 423 g/mol. The Morgan fingerprint density at radius 1 is 1.03 bits per heavy atom. The van der Waals surface area contributed by atoms with Crippen LogP contribution in [0.3, 0.4) is 0 Å². The van der Waals surface area contributed by atoms with Gasteiger partial charge in [0.05, 0.1) is 13.2 Å². The van der Waals surface area contributed by atoms with Crippen molar-refractivity contribution in [3.63, 3.8) is 0 Å². The van der Waals surface area contributed by atoms with Crippen molar-refractivity contribution in [1.82, 2.24) is 9.88 Å². The number of hydrogen-bond donors (Lipinski definition) is 1. The number of nitrogens with one attached hydrogen (secondary N) is 1. The van der Waals surface area contributed by atoms with E-state index in [2.05, 4.69) is 11.1 Å². The van der Waals surface area contributed by atoms with E-state index in [0.29, 0.717) is 32.0 Å². The predicted molar refractivity (Wildman–Crippen MR) is 117 cm³/mol. The minimum atomic E-state index is -0.256. The van der Waals surface area contributed by atoms with Gasteiger partial charge in [0.1, 0.15) is 5.82 Å². The van der Waals surface area contributed by atoms with Gasteiger partial charge in [-0.3, -0.25) is 4.79 Å². The highest BCUT2D eigenvalue weighted by atomic mass is 19.1. The van der Waals surface area contributed by atoms with Crippen LogP contribution >= 0.6 is 0 Å². The minimum absolute atomic E-state index is 0.0956. The van der Waals surface area contributed by atoms with Gasteiger partial charge in [0.15, 0.2) is 6.29 Å². The molecule has 0 saturated carbocycles. The molecule has 2 fully saturated rings. The highest BCUT2D eigenvalue weighted by Crippen LogP contribution is 2.32. The molecule has 1 aromatic heterocycles. The summed E-state index contributed by atoms with van der Waals surface area (Å²) in [5.41, 5.74) is 4.03. The normalized spacial score (nSPS) is 18.2. The number of rotatable bonds is 5. The van der Waals surface area contributed by atoms with E-state index in [0.717, 1.165) is 53.7 Å². The Balaban J connectivity index is 1.29. The lowest BCUT2D eigenvalue weighted by Gasteiger charge is -2.34. The maximum Gasteiger partial charge on any atom is 0.222 e. The van der Waals surface area contributed by atoms with Crippen LogP contribution < -0.4 is 0 Å². The van der Waals surface area contributed by atoms with Crippen LogP contribution in [0, 0.1) is 11.7 Å². The molecule has 0 aliphatic carbocycles. The summed E-state index contributed by atoms with van der Waals surface area (Å²) in [4.78, 5) is 18.4. The molecule has 2 aliphatic rings. The number of piperidine rings is 1. The number of amides is 1. The summed E-state index contributed by atoms with van der Waals surface area (Å²) in [7, 11) is 0. The number of hydrogen-bond acceptors (Lipinski definition) is 3. The summed E-state index contributed by atoms with van der Waals surface area (Å²) in [6, 6.07) is 14.6. The van der Waals surface area contributed by atoms with Crippen LogP contribution in [-0.2, 0) is 20.7 Å². The maximum absolute atomic E-state index is 13.4. The molecule has 3 heterocycles. The summed E-state index contributed by atoms with van der Waals surface area (Å²) in [5.74, 6) is 0.306. The molecule has 0 spiro atoms. The second-order valence-corrected chi connectivity index (χ2v) is 8.36. The largest absolute Gasteiger partial charge is 0.354 e. The highest BCUT2D eigenvalue weighted by molar-refractivity contribution is 5.91. The number of likely N-dealkylation sites (tertiary alicyclic amines) is 1. The summed E-state index contributed by atoms with van der Waals surface area (Å²) in [6.45, 7) is 2.85. The van der Waals surface area contributed by atoms with Crippen molar-refractivity contribution in [2.24, 2.45) is 5.92 Å². The molecule has 2 saturated heterocycles. The number of H-pyrrole nitrogens is 1. The van der Waals surface area contributed by atoms with Gasteiger partial charge < -0.3 is 19.4 Å². The molecule has 0 radical (unpaired) electrons. The number of carbonyl (C=O) groups is 1. The first-order valence-electron chi connectivity index (χ1n) is 11.1. The van der Waals surface area contributed by atoms with Crippen LogP contribution in [0.1, 0.15) is 24.8 Å². The zero-order valence-electron chi connectivity index (χ0n) is 17.5. The third kappa shape index (κ3) is 4.23. The van der Waals surface area contributed by atoms with Crippen molar-refractivity contribution in [3.8, 4) is 11.3 Å². The molecule has 1 N–H and O–H groups in total. The Hall–Kier alpha value is -2.70. The summed E-state index contributed by atoms with van der Waals surface area (Å²) in [6.07, 6.45) is 2.84. The number of aromatic amines is 1. The van der Waals surface area contributed by atoms with Crippen LogP contribution in [0.4, 0.5) is 4.39 Å². The topological polar surface area (TPSA) is 54.6 Å². The molecule has 0 unspecified atom stereocenters. The van der Waals surface area contributed by atoms with Gasteiger partial charge in [0.25, 0.3) is 0 Å². The predicted octanol–water partition coefficient (Wildman–Crippen LogP) is 4.52. The Labute approximate surface area is 181 Å². The Bertz CT molecular complexity index is 1050. The van der Waals surface area contributed by atoms with Gasteiger partial charge in [-0.15, -0.1) is 0 Å². The molecular weight excluding hydrogens is 395 g/mol. The van der Waals surface area contributed by atoms with Gasteiger partial charge in [0, 0.05) is 42.0 Å². The standard InChI is InChI=1S/C25H27FN2O3/c26-19-7-5-17(6-8-19)24-21(20-3-1-2-4-22(20)27-24)9-10-23(29)28-13-11-18(12-14-28)25-30-15-16-31-25/h1-8,18,25,27H,9-16H2. The van der Waals surface area contributed by atoms with Crippen molar-refractivity contribution in [1.29, 1.82) is 0 Å². The van der Waals surface area contributed by atoms with E-state index >= 15 is 0 Å². The zero-order valence-corrected chi connectivity index (χ0v) is 17.5. The number of carbonyl (C=O) groups excluding carboxylic acids is 1. The van der Waals surface area contributed by atoms with E-state index in [1.807, 2.05) is 23.1 Å². The third-order valence-electron chi connectivity index (χ3n) is 6.46. The number of fused-ring (bicyclic) bond motifs is 1. The Kier molecular flexibility index (Phi) is 5.74. The van der Waals surface area contributed by atoms with Gasteiger partial charge in [-0.1, -0.05) is 18.2 Å². The van der Waals surface area contributed by atoms with Crippen molar-refractivity contribution in [2.45, 2.75) is 32.0 Å². The molecule has 31 heavy (non-hydrogen) atoms. The van der Waals surface area contributed by atoms with Crippen molar-refractivity contribution in [3.05, 3.63) is 59.9 Å². The first kappa shape index (κ1) is 20.2. The summed E-state index contributed by atoms with van der Waals surface area (Å²) in [5, 5.41) is 1.11. The lowest BCUT2D eigenvalue weighted by Crippen LogP contribution is -2.41. The quantitative estimate of drug-likeness (QED) is 0.658. The van der Waals surface area contributed by atoms with E-state index in [-0.39, 0.29) is 18.0 Å². The molecule has 3 aromatic rings. The van der Waals surface area contributed by atoms with Gasteiger partial charge in [0.2, 0.25) is 5.91 Å². The van der Waals surface area contributed by atoms with Crippen LogP contribution in [0.2, 0.25) is 0 Å². The van der Waals surface area contributed by atoms with Crippen molar-refractivity contribution in [2.75, 3.05) is 26.3 Å². The monoisotopic (exact) mass is 422 g/mol. The van der Waals surface area contributed by atoms with Gasteiger partial charge in [-0.2, -0.15) is 0 Å². The van der Waals surface area contributed by atoms with Crippen LogP contribution in [0.15, 0.2) is 48.5 Å². The van der Waals surface area contributed by atoms with Gasteiger partial charge in [-0.05, 0) is 60.7 Å². The fourth-order valence-electron chi connectivity index (χ4n) is 4.78. The van der Waals surface area contributed by atoms with E-state index in [4.69, 9.17) is 9.47 Å². The average Bonchev–Trinajstić information content (AvgIpc) is 3.46. The fraction of sp³-hybridized carbons (Fsp3) is 0.400. The zero-order chi connectivity index (χ0) is 21.2. The van der Waals surface area contributed by atoms with E-state index in [1.54, 1.807) is 12.1 Å². The summed E-state index contributed by atoms with van der Waals surface area (Å²) < 4.78 is 24.7. The second kappa shape index (κ2) is 8.81. The second-order valence-electron chi connectivity index (χ2n) is 8.36. The van der Waals surface area contributed by atoms with E-state index in [9.17, 15) is 9.18 Å². The van der Waals surface area contributed by atoms with Gasteiger partial charge in [-0.25, -0.2) is 4.39 Å². The molecule has 162 valence electrons. The number of nitrogens with zero attached hydrogens (tertiary/aromatic N) is 1. The molecule has 1 amide bonds. The lowest BCUT2D eigenvalue weighted by atomic mass is 9.95. The van der Waals surface area contributed by atoms with Gasteiger partial charge >= 0.3 is 0 Å². The molecule has 6 heteroatoms. The molecule has 0 bridgehead atoms. The SMILES string of the molecule is O=C(CCc1c(-c2ccc(F)cc2)[nH]c2ccccc12)N1CCC(C2OCCO2)CC1. The molecular formula is C25H27FN2O3. The molecule has 0 atom stereocenters. The molecule has 2 aliphatic heterocycles. The number of ether oxygens (including phenoxy) is 2. The minimum Gasteiger partial charge on any atom is -0.354 e. The van der Waals surface area contributed by atoms with Crippen LogP contribution in [-0.4, -0.2) is 48.4 Å². The molecule has 5 nitrogen and oxygen atoms in total. The fourth-order valence-corrected chi connectivity index (χ4v) is 4.78. The third-order valence-corrected chi connectivity index (χ3v) is 6.46. The van der Waals surface area contributed by atoms with Crippen molar-refractivity contribution >= 4 is 16.8 Å². The number of halogens is 1. The van der Waals surface area contributed by atoms with Crippen molar-refractivity contribution < 1.29 is 18.7 Å². The first-order valence-corrected chi connectivity index (χ1v) is 11.1. The first-order chi connectivity index (χ1) is 15.2. The Morgan fingerprint density at radius 2 is 1.74 bits per heavy atom. The van der Waals surface area contributed by atoms with Crippen LogP contribution in [0.5, 0.6) is 0 Å². The number of aromatic nitrogens is 1. The van der Waals surface area contributed by atoms with E-state index < -0.39 is 0 Å². The Morgan fingerprint density at radius 3 is 2.48 bits per heavy atom. The molecule has 5 rings (SSSR count).